The second kappa shape index (κ2) is 8.05. The Morgan fingerprint density at radius 1 is 1.09 bits per heavy atom. The van der Waals surface area contributed by atoms with Crippen molar-refractivity contribution in [2.24, 2.45) is 0 Å². The van der Waals surface area contributed by atoms with Crippen molar-refractivity contribution < 1.29 is 18.3 Å². The van der Waals surface area contributed by atoms with Gasteiger partial charge in [0.15, 0.2) is 5.82 Å². The summed E-state index contributed by atoms with van der Waals surface area (Å²) in [6, 6.07) is 11.9. The van der Waals surface area contributed by atoms with E-state index in [-0.39, 0.29) is 11.3 Å². The van der Waals surface area contributed by atoms with Gasteiger partial charge in [0.25, 0.3) is 0 Å². The predicted molar refractivity (Wildman–Crippen MR) is 119 cm³/mol. The number of fused-ring (bicyclic) bond motifs is 1. The number of carbonyl (C=O) groups excluding carboxylic acids is 1. The number of nitrogens with two attached hydrogens (primary N) is 1. The van der Waals surface area contributed by atoms with Crippen molar-refractivity contribution in [2.75, 3.05) is 36.9 Å². The second-order valence-corrected chi connectivity index (χ2v) is 7.63. The first kappa shape index (κ1) is 20.1. The maximum absolute atomic E-state index is 14.4. The van der Waals surface area contributed by atoms with Gasteiger partial charge >= 0.3 is 0 Å². The Labute approximate surface area is 182 Å². The molecule has 3 heterocycles. The van der Waals surface area contributed by atoms with E-state index in [0.717, 1.165) is 42.0 Å². The van der Waals surface area contributed by atoms with E-state index in [1.165, 1.54) is 6.20 Å². The molecule has 162 valence electrons. The average molecular weight is 434 g/mol. The maximum Gasteiger partial charge on any atom is 0.201 e. The zero-order chi connectivity index (χ0) is 22.2. The fourth-order valence-electron chi connectivity index (χ4n) is 3.96. The first-order chi connectivity index (χ1) is 15.5. The summed E-state index contributed by atoms with van der Waals surface area (Å²) in [5, 5.41) is 0.477. The van der Waals surface area contributed by atoms with E-state index in [1.54, 1.807) is 12.3 Å². The van der Waals surface area contributed by atoms with E-state index in [4.69, 9.17) is 10.5 Å². The molecule has 0 saturated carbocycles. The standard InChI is InChI=1S/C24H20F2N4O2/c25-19-4-5-20(27)22(26)21(19)23(31)18-13-29-24-17(18)11-15(12-28-24)14-2-1-3-16(10-14)30-6-8-32-9-7-30/h1-5,10-13H,6-9,27H2,(H,28,29). The number of nitrogens with one attached hydrogen (secondary N) is 1. The number of nitrogen functional groups attached to an aromatic ring is 1. The molecular formula is C24H20F2N4O2. The maximum atomic E-state index is 14.4. The van der Waals surface area contributed by atoms with Crippen LogP contribution in [0.15, 0.2) is 54.9 Å². The molecule has 5 rings (SSSR count). The van der Waals surface area contributed by atoms with Crippen LogP contribution in [-0.2, 0) is 4.74 Å². The molecule has 0 amide bonds. The lowest BCUT2D eigenvalue weighted by Gasteiger charge is -2.29. The number of hydrogen-bond acceptors (Lipinski definition) is 5. The molecule has 1 saturated heterocycles. The smallest absolute Gasteiger partial charge is 0.201 e. The third-order valence-electron chi connectivity index (χ3n) is 5.68. The Bertz CT molecular complexity index is 1330. The van der Waals surface area contributed by atoms with Crippen LogP contribution in [0.4, 0.5) is 20.2 Å². The number of halogens is 2. The first-order valence-electron chi connectivity index (χ1n) is 10.2. The molecule has 0 spiro atoms. The number of morpholine rings is 1. The molecule has 4 aromatic rings. The van der Waals surface area contributed by atoms with Gasteiger partial charge in [-0.05, 0) is 35.9 Å². The topological polar surface area (TPSA) is 84.2 Å². The summed E-state index contributed by atoms with van der Waals surface area (Å²) in [6.07, 6.45) is 3.11. The quantitative estimate of drug-likeness (QED) is 0.372. The fraction of sp³-hybridized carbons (Fsp3) is 0.167. The number of ether oxygens (including phenoxy) is 1. The molecule has 2 aromatic heterocycles. The fourth-order valence-corrected chi connectivity index (χ4v) is 3.96. The molecule has 0 aliphatic carbocycles. The number of aromatic nitrogens is 2. The lowest BCUT2D eigenvalue weighted by atomic mass is 9.99. The third kappa shape index (κ3) is 3.48. The molecule has 2 aromatic carbocycles. The van der Waals surface area contributed by atoms with Crippen molar-refractivity contribution in [3.05, 3.63) is 77.6 Å². The number of pyridine rings is 1. The van der Waals surface area contributed by atoms with Gasteiger partial charge in [0.2, 0.25) is 5.78 Å². The monoisotopic (exact) mass is 434 g/mol. The first-order valence-corrected chi connectivity index (χ1v) is 10.2. The molecule has 1 fully saturated rings. The molecule has 0 atom stereocenters. The van der Waals surface area contributed by atoms with E-state index in [9.17, 15) is 13.6 Å². The molecular weight excluding hydrogens is 414 g/mol. The van der Waals surface area contributed by atoms with Crippen molar-refractivity contribution in [1.29, 1.82) is 0 Å². The molecule has 1 aliphatic heterocycles. The normalized spacial score (nSPS) is 14.1. The van der Waals surface area contributed by atoms with E-state index in [0.29, 0.717) is 24.2 Å². The Kier molecular flexibility index (Phi) is 5.07. The number of aromatic amines is 1. The Morgan fingerprint density at radius 2 is 1.91 bits per heavy atom. The zero-order valence-electron chi connectivity index (χ0n) is 17.1. The molecule has 3 N–H and O–H groups in total. The summed E-state index contributed by atoms with van der Waals surface area (Å²) in [6.45, 7) is 3.00. The van der Waals surface area contributed by atoms with Gasteiger partial charge < -0.3 is 20.4 Å². The van der Waals surface area contributed by atoms with Gasteiger partial charge in [0.05, 0.1) is 24.5 Å². The highest BCUT2D eigenvalue weighted by Crippen LogP contribution is 2.30. The Hall–Kier alpha value is -3.78. The van der Waals surface area contributed by atoms with Gasteiger partial charge in [-0.15, -0.1) is 0 Å². The molecule has 32 heavy (non-hydrogen) atoms. The largest absolute Gasteiger partial charge is 0.396 e. The number of ketones is 1. The molecule has 6 nitrogen and oxygen atoms in total. The number of rotatable bonds is 4. The van der Waals surface area contributed by atoms with Crippen LogP contribution in [0.3, 0.4) is 0 Å². The second-order valence-electron chi connectivity index (χ2n) is 7.63. The third-order valence-corrected chi connectivity index (χ3v) is 5.68. The van der Waals surface area contributed by atoms with Crippen LogP contribution in [0.5, 0.6) is 0 Å². The predicted octanol–water partition coefficient (Wildman–Crippen LogP) is 4.16. The van der Waals surface area contributed by atoms with Crippen molar-refractivity contribution in [3.8, 4) is 11.1 Å². The van der Waals surface area contributed by atoms with Crippen LogP contribution in [0.2, 0.25) is 0 Å². The molecule has 1 aliphatic rings. The molecule has 0 unspecified atom stereocenters. The van der Waals surface area contributed by atoms with Crippen molar-refractivity contribution in [2.45, 2.75) is 0 Å². The van der Waals surface area contributed by atoms with Gasteiger partial charge in [-0.2, -0.15) is 0 Å². The summed E-state index contributed by atoms with van der Waals surface area (Å²) < 4.78 is 34.2. The average Bonchev–Trinajstić information content (AvgIpc) is 3.25. The molecule has 8 heteroatoms. The van der Waals surface area contributed by atoms with Crippen molar-refractivity contribution in [1.82, 2.24) is 9.97 Å². The number of benzene rings is 2. The lowest BCUT2D eigenvalue weighted by Crippen LogP contribution is -2.36. The SMILES string of the molecule is Nc1ccc(F)c(C(=O)c2c[nH]c3ncc(-c4cccc(N5CCOCC5)c4)cc23)c1F. The van der Waals surface area contributed by atoms with Gasteiger partial charge in [-0.25, -0.2) is 13.8 Å². The minimum Gasteiger partial charge on any atom is -0.396 e. The summed E-state index contributed by atoms with van der Waals surface area (Å²) in [7, 11) is 0. The minimum absolute atomic E-state index is 0.127. The highest BCUT2D eigenvalue weighted by Gasteiger charge is 2.24. The number of H-pyrrole nitrogens is 1. The van der Waals surface area contributed by atoms with Gasteiger partial charge in [0.1, 0.15) is 11.5 Å². The number of carbonyl (C=O) groups is 1. The van der Waals surface area contributed by atoms with Gasteiger partial charge in [-0.1, -0.05) is 12.1 Å². The van der Waals surface area contributed by atoms with Crippen LogP contribution in [0, 0.1) is 11.6 Å². The lowest BCUT2D eigenvalue weighted by molar-refractivity contribution is 0.103. The van der Waals surface area contributed by atoms with Crippen LogP contribution < -0.4 is 10.6 Å². The molecule has 0 bridgehead atoms. The summed E-state index contributed by atoms with van der Waals surface area (Å²) >= 11 is 0. The highest BCUT2D eigenvalue weighted by molar-refractivity contribution is 6.16. The van der Waals surface area contributed by atoms with E-state index in [2.05, 4.69) is 20.9 Å². The summed E-state index contributed by atoms with van der Waals surface area (Å²) in [4.78, 5) is 22.6. The highest BCUT2D eigenvalue weighted by atomic mass is 19.1. The van der Waals surface area contributed by atoms with Crippen LogP contribution in [-0.4, -0.2) is 42.1 Å². The number of nitrogens with zero attached hydrogens (tertiary/aromatic N) is 2. The summed E-state index contributed by atoms with van der Waals surface area (Å²) in [5.74, 6) is -2.82. The van der Waals surface area contributed by atoms with E-state index in [1.807, 2.05) is 18.2 Å². The van der Waals surface area contributed by atoms with E-state index >= 15 is 0 Å². The zero-order valence-corrected chi connectivity index (χ0v) is 17.1. The number of anilines is 2. The van der Waals surface area contributed by atoms with E-state index < -0.39 is 23.0 Å². The Morgan fingerprint density at radius 3 is 2.72 bits per heavy atom. The number of hydrogen-bond donors (Lipinski definition) is 2. The Balaban J connectivity index is 1.55. The van der Waals surface area contributed by atoms with Crippen LogP contribution in [0.25, 0.3) is 22.2 Å². The van der Waals surface area contributed by atoms with Crippen LogP contribution in [0.1, 0.15) is 15.9 Å². The van der Waals surface area contributed by atoms with Crippen molar-refractivity contribution >= 4 is 28.2 Å². The van der Waals surface area contributed by atoms with Gasteiger partial charge in [0, 0.05) is 47.7 Å². The van der Waals surface area contributed by atoms with Crippen LogP contribution >= 0.6 is 0 Å². The van der Waals surface area contributed by atoms with Crippen molar-refractivity contribution in [3.63, 3.8) is 0 Å². The summed E-state index contributed by atoms with van der Waals surface area (Å²) in [5.41, 5.74) is 7.94. The van der Waals surface area contributed by atoms with Gasteiger partial charge in [-0.3, -0.25) is 4.79 Å². The minimum atomic E-state index is -1.06. The molecule has 0 radical (unpaired) electrons.